The summed E-state index contributed by atoms with van der Waals surface area (Å²) in [4.78, 5) is 44.9. The van der Waals surface area contributed by atoms with Gasteiger partial charge in [-0.3, -0.25) is 14.2 Å². The van der Waals surface area contributed by atoms with Gasteiger partial charge in [0.05, 0.1) is 25.9 Å². The van der Waals surface area contributed by atoms with Crippen molar-refractivity contribution in [1.29, 1.82) is 0 Å². The molecule has 1 fully saturated rings. The average molecular weight is 674 g/mol. The topological polar surface area (TPSA) is 153 Å². The molecule has 0 aromatic heterocycles. The highest BCUT2D eigenvalue weighted by molar-refractivity contribution is 7.54. The van der Waals surface area contributed by atoms with Crippen molar-refractivity contribution < 1.29 is 42.6 Å². The summed E-state index contributed by atoms with van der Waals surface area (Å²) in [6.07, 6.45) is 3.97. The van der Waals surface area contributed by atoms with Gasteiger partial charge in [0.2, 0.25) is 5.91 Å². The molecule has 254 valence electrons. The first-order valence-electron chi connectivity index (χ1n) is 15.7. The van der Waals surface area contributed by atoms with Crippen LogP contribution in [-0.4, -0.2) is 85.5 Å². The first-order chi connectivity index (χ1) is 21.5. The zero-order valence-corrected chi connectivity index (χ0v) is 28.5. The van der Waals surface area contributed by atoms with Gasteiger partial charge in [-0.1, -0.05) is 55.8 Å². The number of nitrogens with one attached hydrogen (secondary N) is 1. The van der Waals surface area contributed by atoms with E-state index in [0.717, 1.165) is 32.1 Å². The molecule has 1 aliphatic carbocycles. The van der Waals surface area contributed by atoms with E-state index in [-0.39, 0.29) is 56.6 Å². The monoisotopic (exact) mass is 673 g/mol. The van der Waals surface area contributed by atoms with E-state index in [0.29, 0.717) is 30.3 Å². The van der Waals surface area contributed by atoms with Crippen molar-refractivity contribution in [3.05, 3.63) is 34.9 Å². The summed E-state index contributed by atoms with van der Waals surface area (Å²) in [7, 11) is -2.49. The van der Waals surface area contributed by atoms with Crippen molar-refractivity contribution in [3.63, 3.8) is 0 Å². The minimum atomic E-state index is -4.12. The molecule has 1 aromatic carbocycles. The second-order valence-electron chi connectivity index (χ2n) is 10.9. The molecular formula is C31H49ClN3O9P. The van der Waals surface area contributed by atoms with Gasteiger partial charge in [-0.15, -0.1) is 0 Å². The van der Waals surface area contributed by atoms with Crippen LogP contribution >= 0.6 is 19.2 Å². The largest absolute Gasteiger partial charge is 0.443 e. The van der Waals surface area contributed by atoms with Gasteiger partial charge in [0.1, 0.15) is 12.3 Å². The Labute approximate surface area is 271 Å². The first-order valence-corrected chi connectivity index (χ1v) is 17.7. The lowest BCUT2D eigenvalue weighted by Crippen LogP contribution is -2.47. The van der Waals surface area contributed by atoms with E-state index < -0.39 is 31.5 Å². The summed E-state index contributed by atoms with van der Waals surface area (Å²) in [5.41, 5.74) is 0.587. The van der Waals surface area contributed by atoms with Crippen LogP contribution in [0, 0.1) is 5.92 Å². The number of amides is 3. The van der Waals surface area contributed by atoms with Crippen molar-refractivity contribution in [1.82, 2.24) is 10.2 Å². The lowest BCUT2D eigenvalue weighted by atomic mass is 9.85. The zero-order valence-electron chi connectivity index (χ0n) is 26.9. The van der Waals surface area contributed by atoms with Crippen molar-refractivity contribution in [2.75, 3.05) is 40.0 Å². The number of benzene rings is 1. The minimum Gasteiger partial charge on any atom is -0.443 e. The summed E-state index contributed by atoms with van der Waals surface area (Å²) in [5.74, 6) is -2.65. The predicted molar refractivity (Wildman–Crippen MR) is 172 cm³/mol. The number of aliphatic imine (C=N–C) groups is 1. The maximum atomic E-state index is 13.7. The number of ether oxygens (including phenoxy) is 2. The third kappa shape index (κ3) is 13.9. The number of carbonyl (C=O) groups is 3. The third-order valence-electron chi connectivity index (χ3n) is 7.44. The van der Waals surface area contributed by atoms with Gasteiger partial charge in [0.15, 0.2) is 5.85 Å². The molecule has 14 heteroatoms. The molecular weight excluding hydrogens is 625 g/mol. The van der Waals surface area contributed by atoms with Gasteiger partial charge in [-0.05, 0) is 57.2 Å². The highest BCUT2D eigenvalue weighted by Crippen LogP contribution is 2.53. The van der Waals surface area contributed by atoms with Gasteiger partial charge in [-0.2, -0.15) is 4.99 Å². The number of nitrogens with zero attached hydrogens (tertiary/aromatic N) is 2. The molecule has 0 radical (unpaired) electrons. The zero-order chi connectivity index (χ0) is 33.2. The third-order valence-corrected chi connectivity index (χ3v) is 9.91. The van der Waals surface area contributed by atoms with Gasteiger partial charge >= 0.3 is 13.7 Å². The molecule has 1 unspecified atom stereocenters. The minimum absolute atomic E-state index is 0.0129. The van der Waals surface area contributed by atoms with E-state index in [1.807, 2.05) is 6.92 Å². The second kappa shape index (κ2) is 20.7. The first kappa shape index (κ1) is 38.8. The van der Waals surface area contributed by atoms with Crippen LogP contribution < -0.4 is 5.32 Å². The summed E-state index contributed by atoms with van der Waals surface area (Å²) >= 11 is 6.02. The van der Waals surface area contributed by atoms with Crippen LogP contribution in [0.15, 0.2) is 29.3 Å². The summed E-state index contributed by atoms with van der Waals surface area (Å²) in [6, 6.07) is 5.61. The number of rotatable bonds is 19. The van der Waals surface area contributed by atoms with Crippen LogP contribution in [0.5, 0.6) is 0 Å². The Kier molecular flexibility index (Phi) is 17.9. The van der Waals surface area contributed by atoms with Crippen LogP contribution in [-0.2, 0) is 39.3 Å². The van der Waals surface area contributed by atoms with Crippen molar-refractivity contribution in [3.8, 4) is 0 Å². The standard InChI is InChI=1S/C31H49ClN3O9P/c1-5-41-19-18-35(4)28(36)17-16-26(30(38)45(40,43-6-2)44-7-3)33-29(37)27(21-23-12-9-8-10-13-23)34-31(39)42-22-24-14-11-15-25(32)20-24/h11,14-15,20,23,26,30,38H,5-10,12-13,16-19,21-22H2,1-4H3,(H,33,37)/t26-,30?/m0/s1. The van der Waals surface area contributed by atoms with Gasteiger partial charge in [0, 0.05) is 31.6 Å². The molecule has 2 rings (SSSR count). The SMILES string of the molecule is CCOCCN(C)C(=O)CC[C@H](NC(=O)C(CC1CCCCC1)=NC(=O)OCc1cccc(Cl)c1)C(O)P(=O)(OCC)OCC. The molecule has 2 atom stereocenters. The Balaban J connectivity index is 2.29. The quantitative estimate of drug-likeness (QED) is 0.106. The summed E-state index contributed by atoms with van der Waals surface area (Å²) in [5, 5.41) is 14.4. The van der Waals surface area contributed by atoms with E-state index in [4.69, 9.17) is 30.1 Å². The summed E-state index contributed by atoms with van der Waals surface area (Å²) in [6.45, 7) is 6.19. The molecule has 12 nitrogen and oxygen atoms in total. The van der Waals surface area contributed by atoms with E-state index >= 15 is 0 Å². The Bertz CT molecular complexity index is 1150. The molecule has 1 aromatic rings. The molecule has 1 saturated carbocycles. The van der Waals surface area contributed by atoms with Crippen molar-refractivity contribution >= 4 is 42.8 Å². The molecule has 45 heavy (non-hydrogen) atoms. The molecule has 2 N–H and O–H groups in total. The maximum Gasteiger partial charge on any atom is 0.434 e. The number of carbonyl (C=O) groups excluding carboxylic acids is 3. The Morgan fingerprint density at radius 3 is 2.42 bits per heavy atom. The van der Waals surface area contributed by atoms with E-state index in [2.05, 4.69) is 10.3 Å². The Hall–Kier alpha value is -2.34. The van der Waals surface area contributed by atoms with Crippen LogP contribution in [0.25, 0.3) is 0 Å². The fraction of sp³-hybridized carbons (Fsp3) is 0.677. The van der Waals surface area contributed by atoms with Crippen LogP contribution in [0.2, 0.25) is 5.02 Å². The van der Waals surface area contributed by atoms with E-state index in [9.17, 15) is 24.1 Å². The molecule has 0 saturated heterocycles. The van der Waals surface area contributed by atoms with E-state index in [1.165, 1.54) is 4.90 Å². The highest BCUT2D eigenvalue weighted by atomic mass is 35.5. The molecule has 0 heterocycles. The lowest BCUT2D eigenvalue weighted by molar-refractivity contribution is -0.131. The molecule has 0 spiro atoms. The smallest absolute Gasteiger partial charge is 0.434 e. The normalized spacial score (nSPS) is 15.7. The van der Waals surface area contributed by atoms with Crippen molar-refractivity contribution in [2.45, 2.75) is 90.6 Å². The highest BCUT2D eigenvalue weighted by Gasteiger charge is 2.41. The predicted octanol–water partition coefficient (Wildman–Crippen LogP) is 5.73. The number of hydrogen-bond acceptors (Lipinski definition) is 9. The fourth-order valence-electron chi connectivity index (χ4n) is 5.03. The van der Waals surface area contributed by atoms with Gasteiger partial charge in [0.25, 0.3) is 5.91 Å². The number of likely N-dealkylation sites (N-methyl/N-ethyl adjacent to an activating group) is 1. The van der Waals surface area contributed by atoms with Gasteiger partial charge < -0.3 is 33.8 Å². The Morgan fingerprint density at radius 2 is 1.80 bits per heavy atom. The average Bonchev–Trinajstić information content (AvgIpc) is 3.02. The number of aliphatic hydroxyl groups is 1. The maximum absolute atomic E-state index is 13.7. The lowest BCUT2D eigenvalue weighted by Gasteiger charge is -2.30. The number of halogens is 1. The molecule has 3 amide bonds. The molecule has 1 aliphatic rings. The van der Waals surface area contributed by atoms with Crippen LogP contribution in [0.1, 0.15) is 77.7 Å². The molecule has 0 bridgehead atoms. The van der Waals surface area contributed by atoms with Crippen LogP contribution in [0.3, 0.4) is 0 Å². The number of hydrogen-bond donors (Lipinski definition) is 2. The second-order valence-corrected chi connectivity index (χ2v) is 13.4. The van der Waals surface area contributed by atoms with Gasteiger partial charge in [-0.25, -0.2) is 4.79 Å². The van der Waals surface area contributed by atoms with E-state index in [1.54, 1.807) is 45.2 Å². The molecule has 0 aliphatic heterocycles. The Morgan fingerprint density at radius 1 is 1.11 bits per heavy atom. The fourth-order valence-corrected chi connectivity index (χ4v) is 7.00. The van der Waals surface area contributed by atoms with Crippen molar-refractivity contribution in [2.24, 2.45) is 10.9 Å². The summed E-state index contributed by atoms with van der Waals surface area (Å²) < 4.78 is 34.9. The van der Waals surface area contributed by atoms with Crippen LogP contribution in [0.4, 0.5) is 4.79 Å². The number of aliphatic hydroxyl groups excluding tert-OH is 1.